The first-order valence-electron chi connectivity index (χ1n) is 8.55. The van der Waals surface area contributed by atoms with E-state index in [2.05, 4.69) is 26.6 Å². The highest BCUT2D eigenvalue weighted by Crippen LogP contribution is 2.24. The van der Waals surface area contributed by atoms with Gasteiger partial charge in [-0.15, -0.1) is 0 Å². The predicted octanol–water partition coefficient (Wildman–Crippen LogP) is 4.63. The van der Waals surface area contributed by atoms with Crippen LogP contribution in [0.25, 0.3) is 0 Å². The molecule has 2 aromatic carbocycles. The van der Waals surface area contributed by atoms with E-state index in [-0.39, 0.29) is 17.9 Å². The molecule has 5 nitrogen and oxygen atoms in total. The summed E-state index contributed by atoms with van der Waals surface area (Å²) in [7, 11) is 0. The molecule has 2 rings (SSSR count). The Labute approximate surface area is 162 Å². The Balaban J connectivity index is 2.12. The van der Waals surface area contributed by atoms with Crippen LogP contribution in [0.15, 0.2) is 46.9 Å². The van der Waals surface area contributed by atoms with E-state index in [0.717, 1.165) is 10.9 Å². The molecule has 2 N–H and O–H groups in total. The van der Waals surface area contributed by atoms with E-state index < -0.39 is 0 Å². The van der Waals surface area contributed by atoms with Crippen LogP contribution in [0, 0.1) is 0 Å². The molecule has 0 radical (unpaired) electrons. The molecule has 2 amide bonds. The van der Waals surface area contributed by atoms with Crippen LogP contribution >= 0.6 is 15.9 Å². The maximum atomic E-state index is 12.6. The minimum absolute atomic E-state index is 0.0694. The molecule has 0 saturated carbocycles. The van der Waals surface area contributed by atoms with Crippen molar-refractivity contribution in [1.82, 2.24) is 5.32 Å². The second kappa shape index (κ2) is 9.38. The van der Waals surface area contributed by atoms with Crippen LogP contribution in [0.1, 0.15) is 47.9 Å². The lowest BCUT2D eigenvalue weighted by Crippen LogP contribution is -2.30. The number of rotatable bonds is 7. The highest BCUT2D eigenvalue weighted by Gasteiger charge is 2.14. The SMILES string of the molecule is CCCOc1ccc(Br)cc1C(=O)Nc1ccc(C(=O)NC(C)C)cc1. The molecule has 0 unspecified atom stereocenters. The average Bonchev–Trinajstić information content (AvgIpc) is 2.60. The maximum Gasteiger partial charge on any atom is 0.259 e. The molecule has 0 aliphatic heterocycles. The van der Waals surface area contributed by atoms with E-state index in [1.54, 1.807) is 36.4 Å². The van der Waals surface area contributed by atoms with Gasteiger partial charge < -0.3 is 15.4 Å². The summed E-state index contributed by atoms with van der Waals surface area (Å²) in [5.74, 6) is 0.136. The molecule has 26 heavy (non-hydrogen) atoms. The van der Waals surface area contributed by atoms with Gasteiger partial charge in [0.25, 0.3) is 11.8 Å². The zero-order chi connectivity index (χ0) is 19.1. The topological polar surface area (TPSA) is 67.4 Å². The molecule has 0 aromatic heterocycles. The lowest BCUT2D eigenvalue weighted by atomic mass is 10.1. The third kappa shape index (κ3) is 5.59. The van der Waals surface area contributed by atoms with Gasteiger partial charge in [0.05, 0.1) is 12.2 Å². The van der Waals surface area contributed by atoms with Gasteiger partial charge in [-0.25, -0.2) is 0 Å². The molecular weight excluding hydrogens is 396 g/mol. The molecule has 2 aromatic rings. The standard InChI is InChI=1S/C20H23BrN2O3/c1-4-11-26-18-10-7-15(21)12-17(18)20(25)23-16-8-5-14(6-9-16)19(24)22-13(2)3/h5-10,12-13H,4,11H2,1-3H3,(H,22,24)(H,23,25). The van der Waals surface area contributed by atoms with Gasteiger partial charge in [-0.05, 0) is 62.7 Å². The van der Waals surface area contributed by atoms with Crippen LogP contribution in [-0.2, 0) is 0 Å². The third-order valence-corrected chi connectivity index (χ3v) is 3.97. The number of benzene rings is 2. The van der Waals surface area contributed by atoms with Crippen molar-refractivity contribution in [3.63, 3.8) is 0 Å². The molecule has 0 aliphatic carbocycles. The predicted molar refractivity (Wildman–Crippen MR) is 107 cm³/mol. The van der Waals surface area contributed by atoms with Gasteiger partial charge in [-0.1, -0.05) is 22.9 Å². The zero-order valence-electron chi connectivity index (χ0n) is 15.1. The Morgan fingerprint density at radius 1 is 1.08 bits per heavy atom. The number of anilines is 1. The summed E-state index contributed by atoms with van der Waals surface area (Å²) in [6.45, 7) is 6.36. The Morgan fingerprint density at radius 3 is 2.38 bits per heavy atom. The van der Waals surface area contributed by atoms with Gasteiger partial charge in [-0.2, -0.15) is 0 Å². The average molecular weight is 419 g/mol. The van der Waals surface area contributed by atoms with E-state index >= 15 is 0 Å². The number of carbonyl (C=O) groups excluding carboxylic acids is 2. The lowest BCUT2D eigenvalue weighted by molar-refractivity contribution is 0.0942. The molecule has 138 valence electrons. The molecule has 0 fully saturated rings. The molecule has 6 heteroatoms. The van der Waals surface area contributed by atoms with Crippen LogP contribution < -0.4 is 15.4 Å². The molecule has 0 spiro atoms. The lowest BCUT2D eigenvalue weighted by Gasteiger charge is -2.12. The summed E-state index contributed by atoms with van der Waals surface area (Å²) in [6, 6.07) is 12.2. The fourth-order valence-corrected chi connectivity index (χ4v) is 2.63. The number of hydrogen-bond donors (Lipinski definition) is 2. The van der Waals surface area contributed by atoms with Crippen LogP contribution in [0.2, 0.25) is 0 Å². The van der Waals surface area contributed by atoms with Gasteiger partial charge in [0.2, 0.25) is 0 Å². The minimum Gasteiger partial charge on any atom is -0.493 e. The van der Waals surface area contributed by atoms with Crippen LogP contribution in [0.4, 0.5) is 5.69 Å². The van der Waals surface area contributed by atoms with Crippen molar-refractivity contribution in [3.8, 4) is 5.75 Å². The summed E-state index contributed by atoms with van der Waals surface area (Å²) in [4.78, 5) is 24.6. The molecule has 0 heterocycles. The highest BCUT2D eigenvalue weighted by atomic mass is 79.9. The van der Waals surface area contributed by atoms with Crippen LogP contribution in [-0.4, -0.2) is 24.5 Å². The van der Waals surface area contributed by atoms with E-state index in [1.807, 2.05) is 26.8 Å². The van der Waals surface area contributed by atoms with E-state index in [0.29, 0.717) is 29.2 Å². The Kier molecular flexibility index (Phi) is 7.21. The van der Waals surface area contributed by atoms with Gasteiger partial charge in [0.1, 0.15) is 5.75 Å². The zero-order valence-corrected chi connectivity index (χ0v) is 16.7. The fraction of sp³-hybridized carbons (Fsp3) is 0.300. The van der Waals surface area contributed by atoms with Crippen molar-refractivity contribution in [2.75, 3.05) is 11.9 Å². The quantitative estimate of drug-likeness (QED) is 0.688. The normalized spacial score (nSPS) is 10.5. The van der Waals surface area contributed by atoms with Crippen molar-refractivity contribution < 1.29 is 14.3 Å². The monoisotopic (exact) mass is 418 g/mol. The molecule has 0 bridgehead atoms. The highest BCUT2D eigenvalue weighted by molar-refractivity contribution is 9.10. The third-order valence-electron chi connectivity index (χ3n) is 3.47. The van der Waals surface area contributed by atoms with Gasteiger partial charge in [0, 0.05) is 21.8 Å². The summed E-state index contributed by atoms with van der Waals surface area (Å²) in [6.07, 6.45) is 0.858. The molecule has 0 aliphatic rings. The Hall–Kier alpha value is -2.34. The molecule has 0 atom stereocenters. The maximum absolute atomic E-state index is 12.6. The number of halogens is 1. The van der Waals surface area contributed by atoms with E-state index in [1.165, 1.54) is 0 Å². The number of amides is 2. The van der Waals surface area contributed by atoms with Crippen molar-refractivity contribution in [3.05, 3.63) is 58.1 Å². The number of nitrogens with one attached hydrogen (secondary N) is 2. The Morgan fingerprint density at radius 2 is 1.77 bits per heavy atom. The van der Waals surface area contributed by atoms with Gasteiger partial charge in [0.15, 0.2) is 0 Å². The van der Waals surface area contributed by atoms with E-state index in [4.69, 9.17) is 4.74 Å². The van der Waals surface area contributed by atoms with Crippen molar-refractivity contribution >= 4 is 33.4 Å². The summed E-state index contributed by atoms with van der Waals surface area (Å²) >= 11 is 3.38. The van der Waals surface area contributed by atoms with Gasteiger partial charge in [-0.3, -0.25) is 9.59 Å². The summed E-state index contributed by atoms with van der Waals surface area (Å²) < 4.78 is 6.45. The second-order valence-corrected chi connectivity index (χ2v) is 7.06. The molecule has 0 saturated heterocycles. The number of carbonyl (C=O) groups is 2. The smallest absolute Gasteiger partial charge is 0.259 e. The number of hydrogen-bond acceptors (Lipinski definition) is 3. The van der Waals surface area contributed by atoms with Crippen LogP contribution in [0.3, 0.4) is 0 Å². The second-order valence-electron chi connectivity index (χ2n) is 6.15. The fourth-order valence-electron chi connectivity index (χ4n) is 2.27. The van der Waals surface area contributed by atoms with Crippen molar-refractivity contribution in [1.29, 1.82) is 0 Å². The molecular formula is C20H23BrN2O3. The largest absolute Gasteiger partial charge is 0.493 e. The van der Waals surface area contributed by atoms with E-state index in [9.17, 15) is 9.59 Å². The first kappa shape index (κ1) is 20.0. The minimum atomic E-state index is -0.267. The summed E-state index contributed by atoms with van der Waals surface area (Å²) in [5, 5.41) is 5.67. The van der Waals surface area contributed by atoms with Crippen molar-refractivity contribution in [2.24, 2.45) is 0 Å². The van der Waals surface area contributed by atoms with Gasteiger partial charge >= 0.3 is 0 Å². The summed E-state index contributed by atoms with van der Waals surface area (Å²) in [5.41, 5.74) is 1.61. The van der Waals surface area contributed by atoms with Crippen molar-refractivity contribution in [2.45, 2.75) is 33.2 Å². The first-order valence-corrected chi connectivity index (χ1v) is 9.34. The van der Waals surface area contributed by atoms with Crippen LogP contribution in [0.5, 0.6) is 5.75 Å². The Bertz CT molecular complexity index is 773. The number of ether oxygens (including phenoxy) is 1. The first-order chi connectivity index (χ1) is 12.4.